The molecule has 1 amide bonds. The van der Waals surface area contributed by atoms with E-state index in [1.807, 2.05) is 12.1 Å². The number of rotatable bonds is 7. The molecule has 0 fully saturated rings. The van der Waals surface area contributed by atoms with Gasteiger partial charge in [0.25, 0.3) is 21.6 Å². The zero-order valence-electron chi connectivity index (χ0n) is 18.1. The van der Waals surface area contributed by atoms with Gasteiger partial charge in [0.05, 0.1) is 9.82 Å². The Morgan fingerprint density at radius 3 is 2.41 bits per heavy atom. The molecular formula is C23H21N3O7S. The van der Waals surface area contributed by atoms with Crippen LogP contribution in [0.15, 0.2) is 65.6 Å². The molecule has 0 unspecified atom stereocenters. The summed E-state index contributed by atoms with van der Waals surface area (Å²) in [5.41, 5.74) is 1.47. The Balaban J connectivity index is 1.40. The number of nitro groups is 1. The quantitative estimate of drug-likeness (QED) is 0.388. The smallest absolute Gasteiger partial charge is 0.273 e. The Hall–Kier alpha value is -4.12. The molecule has 2 N–H and O–H groups in total. The fourth-order valence-corrected chi connectivity index (χ4v) is 4.42. The van der Waals surface area contributed by atoms with E-state index in [0.29, 0.717) is 35.8 Å². The van der Waals surface area contributed by atoms with Crippen LogP contribution < -0.4 is 19.5 Å². The van der Waals surface area contributed by atoms with Crippen LogP contribution in [-0.2, 0) is 16.6 Å². The lowest BCUT2D eigenvalue weighted by molar-refractivity contribution is -0.385. The molecule has 11 heteroatoms. The van der Waals surface area contributed by atoms with Crippen molar-refractivity contribution >= 4 is 27.3 Å². The van der Waals surface area contributed by atoms with E-state index in [1.165, 1.54) is 43.3 Å². The zero-order chi connectivity index (χ0) is 24.3. The summed E-state index contributed by atoms with van der Waals surface area (Å²) >= 11 is 0. The molecule has 3 aromatic rings. The van der Waals surface area contributed by atoms with E-state index in [4.69, 9.17) is 9.47 Å². The molecule has 1 aliphatic heterocycles. The van der Waals surface area contributed by atoms with Gasteiger partial charge in [-0.15, -0.1) is 0 Å². The molecule has 0 atom stereocenters. The van der Waals surface area contributed by atoms with Gasteiger partial charge in [0, 0.05) is 29.4 Å². The first-order valence-electron chi connectivity index (χ1n) is 10.3. The minimum absolute atomic E-state index is 0.214. The zero-order valence-corrected chi connectivity index (χ0v) is 18.9. The van der Waals surface area contributed by atoms with E-state index in [-0.39, 0.29) is 28.7 Å². The number of hydrogen-bond donors (Lipinski definition) is 2. The summed E-state index contributed by atoms with van der Waals surface area (Å²) in [6, 6.07) is 15.0. The third kappa shape index (κ3) is 5.09. The highest BCUT2D eigenvalue weighted by Gasteiger charge is 2.20. The maximum absolute atomic E-state index is 12.6. The number of amides is 1. The number of fused-ring (bicyclic) bond motifs is 1. The number of anilines is 1. The molecule has 0 spiro atoms. The van der Waals surface area contributed by atoms with Crippen LogP contribution in [0.1, 0.15) is 21.5 Å². The lowest BCUT2D eigenvalue weighted by Gasteiger charge is -2.19. The van der Waals surface area contributed by atoms with E-state index in [1.54, 1.807) is 6.07 Å². The monoisotopic (exact) mass is 483 g/mol. The standard InChI is InChI=1S/C23H21N3O7S/c1-15-2-8-19(13-20(15)26(28)29)34(30,31)25-18-6-4-17(5-7-18)23(27)24-14-16-3-9-21-22(12-16)33-11-10-32-21/h2-9,12-13,25H,10-11,14H2,1H3,(H,24,27). The van der Waals surface area contributed by atoms with Gasteiger partial charge >= 0.3 is 0 Å². The van der Waals surface area contributed by atoms with Gasteiger partial charge in [-0.1, -0.05) is 12.1 Å². The maximum atomic E-state index is 12.6. The van der Waals surface area contributed by atoms with Crippen molar-refractivity contribution in [3.8, 4) is 11.5 Å². The van der Waals surface area contributed by atoms with Crippen LogP contribution in [0.5, 0.6) is 11.5 Å². The summed E-state index contributed by atoms with van der Waals surface area (Å²) in [6.07, 6.45) is 0. The third-order valence-electron chi connectivity index (χ3n) is 5.15. The van der Waals surface area contributed by atoms with Crippen LogP contribution >= 0.6 is 0 Å². The number of nitrogens with zero attached hydrogens (tertiary/aromatic N) is 1. The van der Waals surface area contributed by atoms with Gasteiger partial charge in [0.15, 0.2) is 11.5 Å². The van der Waals surface area contributed by atoms with Gasteiger partial charge in [0.1, 0.15) is 13.2 Å². The molecule has 10 nitrogen and oxygen atoms in total. The van der Waals surface area contributed by atoms with Gasteiger partial charge in [-0.2, -0.15) is 0 Å². The predicted molar refractivity (Wildman–Crippen MR) is 124 cm³/mol. The summed E-state index contributed by atoms with van der Waals surface area (Å²) in [5.74, 6) is 0.964. The number of carbonyl (C=O) groups excluding carboxylic acids is 1. The Morgan fingerprint density at radius 2 is 1.71 bits per heavy atom. The summed E-state index contributed by atoms with van der Waals surface area (Å²) < 4.78 is 38.7. The van der Waals surface area contributed by atoms with Crippen LogP contribution in [0, 0.1) is 17.0 Å². The molecule has 176 valence electrons. The molecule has 0 aliphatic carbocycles. The number of nitrogens with one attached hydrogen (secondary N) is 2. The number of carbonyl (C=O) groups is 1. The second kappa shape index (κ2) is 9.40. The average molecular weight is 484 g/mol. The second-order valence-corrected chi connectivity index (χ2v) is 9.23. The van der Waals surface area contributed by atoms with Crippen molar-refractivity contribution < 1.29 is 27.6 Å². The van der Waals surface area contributed by atoms with Crippen molar-refractivity contribution in [1.29, 1.82) is 0 Å². The van der Waals surface area contributed by atoms with Crippen LogP contribution in [-0.4, -0.2) is 32.5 Å². The lowest BCUT2D eigenvalue weighted by Crippen LogP contribution is -2.23. The fraction of sp³-hybridized carbons (Fsp3) is 0.174. The number of nitro benzene ring substituents is 1. The fourth-order valence-electron chi connectivity index (χ4n) is 3.34. The first-order chi connectivity index (χ1) is 16.2. The summed E-state index contributed by atoms with van der Waals surface area (Å²) in [4.78, 5) is 22.7. The van der Waals surface area contributed by atoms with Gasteiger partial charge in [-0.05, 0) is 55.0 Å². The minimum atomic E-state index is -4.05. The van der Waals surface area contributed by atoms with Crippen LogP contribution in [0.4, 0.5) is 11.4 Å². The van der Waals surface area contributed by atoms with Gasteiger partial charge in [-0.3, -0.25) is 19.6 Å². The van der Waals surface area contributed by atoms with Crippen molar-refractivity contribution in [2.45, 2.75) is 18.4 Å². The molecule has 4 rings (SSSR count). The Bertz CT molecular complexity index is 1360. The summed E-state index contributed by atoms with van der Waals surface area (Å²) in [5, 5.41) is 13.9. The molecular weight excluding hydrogens is 462 g/mol. The van der Waals surface area contributed by atoms with Crippen molar-refractivity contribution in [2.75, 3.05) is 17.9 Å². The molecule has 0 saturated carbocycles. The van der Waals surface area contributed by atoms with Crippen molar-refractivity contribution in [3.05, 3.63) is 87.5 Å². The van der Waals surface area contributed by atoms with Gasteiger partial charge in [0.2, 0.25) is 0 Å². The van der Waals surface area contributed by atoms with E-state index in [2.05, 4.69) is 10.0 Å². The molecule has 0 bridgehead atoms. The number of ether oxygens (including phenoxy) is 2. The topological polar surface area (TPSA) is 137 Å². The van der Waals surface area contributed by atoms with E-state index in [0.717, 1.165) is 11.6 Å². The Kier molecular flexibility index (Phi) is 6.37. The average Bonchev–Trinajstić information content (AvgIpc) is 2.82. The highest BCUT2D eigenvalue weighted by molar-refractivity contribution is 7.92. The molecule has 1 aliphatic rings. The van der Waals surface area contributed by atoms with Gasteiger partial charge in [-0.25, -0.2) is 8.42 Å². The number of hydrogen-bond acceptors (Lipinski definition) is 7. The first kappa shape index (κ1) is 23.1. The molecule has 1 heterocycles. The van der Waals surface area contributed by atoms with Crippen LogP contribution in [0.2, 0.25) is 0 Å². The number of aryl methyl sites for hydroxylation is 1. The summed E-state index contributed by atoms with van der Waals surface area (Å²) in [6.45, 7) is 2.77. The van der Waals surface area contributed by atoms with Crippen LogP contribution in [0.25, 0.3) is 0 Å². The van der Waals surface area contributed by atoms with E-state index < -0.39 is 14.9 Å². The van der Waals surface area contributed by atoms with E-state index >= 15 is 0 Å². The van der Waals surface area contributed by atoms with E-state index in [9.17, 15) is 23.3 Å². The van der Waals surface area contributed by atoms with Gasteiger partial charge < -0.3 is 14.8 Å². The number of sulfonamides is 1. The number of benzene rings is 3. The van der Waals surface area contributed by atoms with Crippen molar-refractivity contribution in [2.24, 2.45) is 0 Å². The largest absolute Gasteiger partial charge is 0.486 e. The lowest BCUT2D eigenvalue weighted by atomic mass is 10.1. The molecule has 0 saturated heterocycles. The first-order valence-corrected chi connectivity index (χ1v) is 11.8. The SMILES string of the molecule is Cc1ccc(S(=O)(=O)Nc2ccc(C(=O)NCc3ccc4c(c3)OCCO4)cc2)cc1[N+](=O)[O-]. The van der Waals surface area contributed by atoms with Crippen molar-refractivity contribution in [1.82, 2.24) is 5.32 Å². The minimum Gasteiger partial charge on any atom is -0.486 e. The Labute approximate surface area is 195 Å². The molecule has 34 heavy (non-hydrogen) atoms. The van der Waals surface area contributed by atoms with Crippen LogP contribution in [0.3, 0.4) is 0 Å². The highest BCUT2D eigenvalue weighted by Crippen LogP contribution is 2.30. The second-order valence-electron chi connectivity index (χ2n) is 7.55. The highest BCUT2D eigenvalue weighted by atomic mass is 32.2. The van der Waals surface area contributed by atoms with Crippen molar-refractivity contribution in [3.63, 3.8) is 0 Å². The molecule has 3 aromatic carbocycles. The predicted octanol–water partition coefficient (Wildman–Crippen LogP) is 3.41. The molecule has 0 radical (unpaired) electrons. The summed E-state index contributed by atoms with van der Waals surface area (Å²) in [7, 11) is -4.05. The maximum Gasteiger partial charge on any atom is 0.273 e. The Morgan fingerprint density at radius 1 is 1.00 bits per heavy atom. The molecule has 0 aromatic heterocycles. The third-order valence-corrected chi connectivity index (χ3v) is 6.53. The normalized spacial score (nSPS) is 12.6.